The van der Waals surface area contributed by atoms with Crippen LogP contribution >= 0.6 is 11.6 Å². The lowest BCUT2D eigenvalue weighted by Gasteiger charge is -2.29. The van der Waals surface area contributed by atoms with Crippen molar-refractivity contribution in [1.82, 2.24) is 14.8 Å². The van der Waals surface area contributed by atoms with E-state index in [4.69, 9.17) is 11.6 Å². The number of benzene rings is 1. The first-order chi connectivity index (χ1) is 12.9. The SMILES string of the molecule is FCC1Cc2cc(Cl)ccc2-n2c(nnc2[C@H]2CC[C@H](C(F)(F)F)CC2)C1. The van der Waals surface area contributed by atoms with E-state index < -0.39 is 18.8 Å². The van der Waals surface area contributed by atoms with E-state index in [0.717, 1.165) is 11.3 Å². The Balaban J connectivity index is 1.69. The maximum atomic E-state index is 13.5. The second kappa shape index (κ2) is 7.08. The molecule has 27 heavy (non-hydrogen) atoms. The van der Waals surface area contributed by atoms with Crippen LogP contribution in [0.4, 0.5) is 17.6 Å². The highest BCUT2D eigenvalue weighted by Crippen LogP contribution is 2.43. The average Bonchev–Trinajstić information content (AvgIpc) is 2.97. The second-order valence-corrected chi connectivity index (χ2v) is 8.04. The van der Waals surface area contributed by atoms with Crippen LogP contribution in [0.3, 0.4) is 0 Å². The van der Waals surface area contributed by atoms with Crippen LogP contribution < -0.4 is 0 Å². The van der Waals surface area contributed by atoms with Gasteiger partial charge in [0.05, 0.1) is 18.3 Å². The van der Waals surface area contributed by atoms with E-state index in [0.29, 0.717) is 42.4 Å². The highest BCUT2D eigenvalue weighted by atomic mass is 35.5. The fourth-order valence-corrected chi connectivity index (χ4v) is 4.55. The zero-order valence-electron chi connectivity index (χ0n) is 14.6. The lowest BCUT2D eigenvalue weighted by molar-refractivity contribution is -0.182. The Bertz CT molecular complexity index is 825. The summed E-state index contributed by atoms with van der Waals surface area (Å²) in [6.45, 7) is -0.467. The van der Waals surface area contributed by atoms with Gasteiger partial charge in [-0.05, 0) is 61.8 Å². The van der Waals surface area contributed by atoms with Crippen molar-refractivity contribution in [2.45, 2.75) is 50.6 Å². The zero-order valence-corrected chi connectivity index (χ0v) is 15.4. The van der Waals surface area contributed by atoms with Crippen molar-refractivity contribution in [3.8, 4) is 5.69 Å². The lowest BCUT2D eigenvalue weighted by Crippen LogP contribution is -2.28. The Hall–Kier alpha value is -1.63. The van der Waals surface area contributed by atoms with Crippen LogP contribution in [0.2, 0.25) is 5.02 Å². The van der Waals surface area contributed by atoms with Gasteiger partial charge in [0, 0.05) is 17.4 Å². The summed E-state index contributed by atoms with van der Waals surface area (Å²) in [5.74, 6) is -0.153. The maximum absolute atomic E-state index is 13.5. The fourth-order valence-electron chi connectivity index (χ4n) is 4.35. The molecule has 1 aliphatic carbocycles. The molecule has 1 saturated carbocycles. The molecule has 1 fully saturated rings. The van der Waals surface area contributed by atoms with Crippen LogP contribution in [0.5, 0.6) is 0 Å². The molecule has 3 nitrogen and oxygen atoms in total. The molecule has 146 valence electrons. The molecule has 2 aliphatic rings. The molecule has 0 spiro atoms. The van der Waals surface area contributed by atoms with Crippen molar-refractivity contribution in [2.24, 2.45) is 11.8 Å². The van der Waals surface area contributed by atoms with Gasteiger partial charge >= 0.3 is 6.18 Å². The molecule has 0 radical (unpaired) electrons. The van der Waals surface area contributed by atoms with Gasteiger partial charge in [-0.25, -0.2) is 0 Å². The van der Waals surface area contributed by atoms with Crippen molar-refractivity contribution >= 4 is 11.6 Å². The molecular weight excluding hydrogens is 382 g/mol. The highest BCUT2D eigenvalue weighted by molar-refractivity contribution is 6.30. The van der Waals surface area contributed by atoms with Gasteiger partial charge in [0.25, 0.3) is 0 Å². The van der Waals surface area contributed by atoms with Crippen LogP contribution in [0.25, 0.3) is 5.69 Å². The Morgan fingerprint density at radius 3 is 2.48 bits per heavy atom. The van der Waals surface area contributed by atoms with Gasteiger partial charge in [0.15, 0.2) is 0 Å². The first-order valence-corrected chi connectivity index (χ1v) is 9.60. The van der Waals surface area contributed by atoms with Gasteiger partial charge in [-0.1, -0.05) is 11.6 Å². The molecule has 1 aliphatic heterocycles. The summed E-state index contributed by atoms with van der Waals surface area (Å²) in [4.78, 5) is 0. The summed E-state index contributed by atoms with van der Waals surface area (Å²) in [7, 11) is 0. The molecular formula is C19H20ClF4N3. The van der Waals surface area contributed by atoms with Gasteiger partial charge in [0.2, 0.25) is 0 Å². The number of halogens is 5. The molecule has 0 saturated heterocycles. The number of aromatic nitrogens is 3. The largest absolute Gasteiger partial charge is 0.391 e. The molecule has 0 amide bonds. The molecule has 1 aromatic carbocycles. The third kappa shape index (κ3) is 3.58. The molecule has 0 N–H and O–H groups in total. The van der Waals surface area contributed by atoms with Gasteiger partial charge in [-0.3, -0.25) is 8.96 Å². The summed E-state index contributed by atoms with van der Waals surface area (Å²) >= 11 is 6.13. The molecule has 2 aromatic rings. The van der Waals surface area contributed by atoms with Crippen LogP contribution in [0.1, 0.15) is 48.8 Å². The average molecular weight is 402 g/mol. The van der Waals surface area contributed by atoms with Crippen molar-refractivity contribution in [3.05, 3.63) is 40.4 Å². The molecule has 4 rings (SSSR count). The molecule has 1 unspecified atom stereocenters. The van der Waals surface area contributed by atoms with E-state index in [1.807, 2.05) is 16.7 Å². The number of rotatable bonds is 2. The zero-order chi connectivity index (χ0) is 19.2. The predicted molar refractivity (Wildman–Crippen MR) is 94.0 cm³/mol. The van der Waals surface area contributed by atoms with E-state index in [2.05, 4.69) is 10.2 Å². The number of fused-ring (bicyclic) bond motifs is 3. The standard InChI is InChI=1S/C19H20ClF4N3/c20-15-5-6-16-13(9-15)7-11(10-21)8-17-25-26-18(27(16)17)12-1-3-14(4-2-12)19(22,23)24/h5-6,9,11-12,14H,1-4,7-8,10H2/t11?,12-,14-. The van der Waals surface area contributed by atoms with E-state index in [1.165, 1.54) is 0 Å². The Morgan fingerprint density at radius 1 is 1.07 bits per heavy atom. The summed E-state index contributed by atoms with van der Waals surface area (Å²) in [6, 6.07) is 5.47. The van der Waals surface area contributed by atoms with Gasteiger partial charge < -0.3 is 0 Å². The van der Waals surface area contributed by atoms with Gasteiger partial charge in [-0.15, -0.1) is 10.2 Å². The summed E-state index contributed by atoms with van der Waals surface area (Å²) in [5.41, 5.74) is 1.79. The summed E-state index contributed by atoms with van der Waals surface area (Å²) < 4.78 is 54.3. The topological polar surface area (TPSA) is 30.7 Å². The van der Waals surface area contributed by atoms with Crippen molar-refractivity contribution in [1.29, 1.82) is 0 Å². The predicted octanol–water partition coefficient (Wildman–Crippen LogP) is 5.44. The van der Waals surface area contributed by atoms with Gasteiger partial charge in [0.1, 0.15) is 11.6 Å². The quantitative estimate of drug-likeness (QED) is 0.627. The van der Waals surface area contributed by atoms with Crippen LogP contribution in [0, 0.1) is 11.8 Å². The summed E-state index contributed by atoms with van der Waals surface area (Å²) in [5, 5.41) is 9.17. The molecule has 2 heterocycles. The molecule has 1 aromatic heterocycles. The first kappa shape index (κ1) is 18.7. The molecule has 0 bridgehead atoms. The minimum absolute atomic E-state index is 0.0738. The van der Waals surface area contributed by atoms with Crippen LogP contribution in [0.15, 0.2) is 18.2 Å². The summed E-state index contributed by atoms with van der Waals surface area (Å²) in [6.07, 6.45) is -2.06. The minimum atomic E-state index is -4.13. The monoisotopic (exact) mass is 401 g/mol. The smallest absolute Gasteiger partial charge is 0.282 e. The number of hydrogen-bond donors (Lipinski definition) is 0. The maximum Gasteiger partial charge on any atom is 0.391 e. The first-order valence-electron chi connectivity index (χ1n) is 9.22. The number of nitrogens with zero attached hydrogens (tertiary/aromatic N) is 3. The van der Waals surface area contributed by atoms with Crippen molar-refractivity contribution in [3.63, 3.8) is 0 Å². The fraction of sp³-hybridized carbons (Fsp3) is 0.579. The van der Waals surface area contributed by atoms with E-state index in [9.17, 15) is 17.6 Å². The highest BCUT2D eigenvalue weighted by Gasteiger charge is 2.42. The normalized spacial score (nSPS) is 25.6. The van der Waals surface area contributed by atoms with Crippen molar-refractivity contribution in [2.75, 3.05) is 6.67 Å². The molecule has 8 heteroatoms. The Kier molecular flexibility index (Phi) is 4.91. The van der Waals surface area contributed by atoms with E-state index in [-0.39, 0.29) is 24.7 Å². The minimum Gasteiger partial charge on any atom is -0.282 e. The number of hydrogen-bond acceptors (Lipinski definition) is 2. The lowest BCUT2D eigenvalue weighted by atomic mass is 9.81. The Morgan fingerprint density at radius 2 is 1.81 bits per heavy atom. The third-order valence-electron chi connectivity index (χ3n) is 5.79. The molecule has 1 atom stereocenters. The van der Waals surface area contributed by atoms with E-state index >= 15 is 0 Å². The number of alkyl halides is 4. The second-order valence-electron chi connectivity index (χ2n) is 7.60. The van der Waals surface area contributed by atoms with Crippen LogP contribution in [-0.2, 0) is 12.8 Å². The van der Waals surface area contributed by atoms with E-state index in [1.54, 1.807) is 6.07 Å². The van der Waals surface area contributed by atoms with Gasteiger partial charge in [-0.2, -0.15) is 13.2 Å². The Labute approximate surface area is 159 Å². The van der Waals surface area contributed by atoms with Crippen LogP contribution in [-0.4, -0.2) is 27.6 Å². The third-order valence-corrected chi connectivity index (χ3v) is 6.03. The van der Waals surface area contributed by atoms with Crippen molar-refractivity contribution < 1.29 is 17.6 Å².